The summed E-state index contributed by atoms with van der Waals surface area (Å²) in [6, 6.07) is 11.8. The molecule has 4 aromatic rings. The molecule has 8 heteroatoms. The van der Waals surface area contributed by atoms with Gasteiger partial charge in [0.05, 0.1) is 4.88 Å². The van der Waals surface area contributed by atoms with Crippen LogP contribution in [0.4, 0.5) is 4.39 Å². The lowest BCUT2D eigenvalue weighted by Crippen LogP contribution is -2.04. The van der Waals surface area contributed by atoms with Gasteiger partial charge in [0.1, 0.15) is 18.1 Å². The molecule has 0 radical (unpaired) electrons. The standard InChI is InChI=1S/C15H10FN5OS/c16-11-4-1-3-10(7-11)15-17-20-21(18-15)9-12-8-13(22-19-12)14-5-2-6-23-14/h1-8H,9H2. The molecule has 0 aliphatic heterocycles. The molecule has 114 valence electrons. The van der Waals surface area contributed by atoms with E-state index in [2.05, 4.69) is 20.6 Å². The highest BCUT2D eigenvalue weighted by Gasteiger charge is 2.11. The van der Waals surface area contributed by atoms with Crippen molar-refractivity contribution in [2.24, 2.45) is 0 Å². The molecule has 3 heterocycles. The summed E-state index contributed by atoms with van der Waals surface area (Å²) in [5.41, 5.74) is 1.27. The van der Waals surface area contributed by atoms with Crippen molar-refractivity contribution in [3.05, 3.63) is 59.4 Å². The van der Waals surface area contributed by atoms with Crippen LogP contribution in [0.3, 0.4) is 0 Å². The van der Waals surface area contributed by atoms with Crippen molar-refractivity contribution in [2.75, 3.05) is 0 Å². The van der Waals surface area contributed by atoms with E-state index in [1.807, 2.05) is 23.6 Å². The van der Waals surface area contributed by atoms with Gasteiger partial charge in [-0.15, -0.1) is 21.5 Å². The second kappa shape index (κ2) is 5.73. The zero-order valence-corrected chi connectivity index (χ0v) is 12.6. The number of nitrogens with zero attached hydrogens (tertiary/aromatic N) is 5. The van der Waals surface area contributed by atoms with Gasteiger partial charge in [-0.3, -0.25) is 0 Å². The number of rotatable bonds is 4. The number of benzene rings is 1. The molecule has 6 nitrogen and oxygen atoms in total. The van der Waals surface area contributed by atoms with Gasteiger partial charge in [-0.1, -0.05) is 23.4 Å². The summed E-state index contributed by atoms with van der Waals surface area (Å²) in [5, 5.41) is 18.1. The van der Waals surface area contributed by atoms with Gasteiger partial charge in [0, 0.05) is 11.6 Å². The minimum Gasteiger partial charge on any atom is -0.355 e. The van der Waals surface area contributed by atoms with Crippen LogP contribution in [0.2, 0.25) is 0 Å². The maximum Gasteiger partial charge on any atom is 0.205 e. The van der Waals surface area contributed by atoms with Crippen LogP contribution < -0.4 is 0 Å². The molecule has 0 amide bonds. The highest BCUT2D eigenvalue weighted by atomic mass is 32.1. The van der Waals surface area contributed by atoms with Crippen LogP contribution in [0.5, 0.6) is 0 Å². The first-order valence-corrected chi connectivity index (χ1v) is 7.69. The van der Waals surface area contributed by atoms with Crippen LogP contribution in [0, 0.1) is 5.82 Å². The van der Waals surface area contributed by atoms with Crippen molar-refractivity contribution in [3.63, 3.8) is 0 Å². The van der Waals surface area contributed by atoms with E-state index in [-0.39, 0.29) is 5.82 Å². The Labute approximate surface area is 134 Å². The van der Waals surface area contributed by atoms with Gasteiger partial charge >= 0.3 is 0 Å². The molecule has 0 fully saturated rings. The van der Waals surface area contributed by atoms with Gasteiger partial charge in [-0.05, 0) is 28.8 Å². The second-order valence-electron chi connectivity index (χ2n) is 4.81. The minimum absolute atomic E-state index is 0.331. The van der Waals surface area contributed by atoms with Gasteiger partial charge < -0.3 is 4.52 Å². The molecule has 0 N–H and O–H groups in total. The zero-order chi connectivity index (χ0) is 15.6. The van der Waals surface area contributed by atoms with Gasteiger partial charge in [-0.25, -0.2) is 4.39 Å². The highest BCUT2D eigenvalue weighted by Crippen LogP contribution is 2.25. The third-order valence-electron chi connectivity index (χ3n) is 3.16. The zero-order valence-electron chi connectivity index (χ0n) is 11.8. The lowest BCUT2D eigenvalue weighted by molar-refractivity contribution is 0.416. The molecule has 23 heavy (non-hydrogen) atoms. The van der Waals surface area contributed by atoms with Crippen LogP contribution >= 0.6 is 11.3 Å². The van der Waals surface area contributed by atoms with Crippen molar-refractivity contribution < 1.29 is 8.91 Å². The first-order chi connectivity index (χ1) is 11.3. The average Bonchev–Trinajstić information content (AvgIpc) is 3.29. The van der Waals surface area contributed by atoms with E-state index >= 15 is 0 Å². The minimum atomic E-state index is -0.337. The maximum absolute atomic E-state index is 13.2. The topological polar surface area (TPSA) is 69.6 Å². The smallest absolute Gasteiger partial charge is 0.205 e. The molecule has 0 bridgehead atoms. The van der Waals surface area contributed by atoms with Crippen LogP contribution in [-0.4, -0.2) is 25.4 Å². The predicted octanol–water partition coefficient (Wildman–Crippen LogP) is 3.24. The first kappa shape index (κ1) is 13.8. The molecule has 0 unspecified atom stereocenters. The van der Waals surface area contributed by atoms with Crippen molar-refractivity contribution >= 4 is 11.3 Å². The van der Waals surface area contributed by atoms with E-state index in [9.17, 15) is 4.39 Å². The molecule has 0 aliphatic carbocycles. The van der Waals surface area contributed by atoms with E-state index in [0.29, 0.717) is 29.4 Å². The third kappa shape index (κ3) is 2.88. The molecule has 4 rings (SSSR count). The number of hydrogen-bond acceptors (Lipinski definition) is 6. The van der Waals surface area contributed by atoms with Gasteiger partial charge in [-0.2, -0.15) is 4.80 Å². The van der Waals surface area contributed by atoms with E-state index in [4.69, 9.17) is 4.52 Å². The number of tetrazole rings is 1. The van der Waals surface area contributed by atoms with Gasteiger partial charge in [0.2, 0.25) is 5.82 Å². The maximum atomic E-state index is 13.2. The summed E-state index contributed by atoms with van der Waals surface area (Å²) < 4.78 is 18.5. The summed E-state index contributed by atoms with van der Waals surface area (Å²) in [7, 11) is 0. The number of aromatic nitrogens is 5. The fraction of sp³-hybridized carbons (Fsp3) is 0.0667. The third-order valence-corrected chi connectivity index (χ3v) is 4.05. The fourth-order valence-corrected chi connectivity index (χ4v) is 2.79. The predicted molar refractivity (Wildman–Crippen MR) is 82.1 cm³/mol. The monoisotopic (exact) mass is 327 g/mol. The van der Waals surface area contributed by atoms with Crippen molar-refractivity contribution in [1.29, 1.82) is 0 Å². The normalized spacial score (nSPS) is 11.0. The van der Waals surface area contributed by atoms with Gasteiger partial charge in [0.25, 0.3) is 0 Å². The van der Waals surface area contributed by atoms with Crippen LogP contribution in [-0.2, 0) is 6.54 Å². The fourth-order valence-electron chi connectivity index (χ4n) is 2.12. The molecule has 3 aromatic heterocycles. The first-order valence-electron chi connectivity index (χ1n) is 6.81. The molecule has 0 saturated carbocycles. The SMILES string of the molecule is Fc1cccc(-c2nnn(Cc3cc(-c4cccs4)on3)n2)c1. The lowest BCUT2D eigenvalue weighted by atomic mass is 10.2. The lowest BCUT2D eigenvalue weighted by Gasteiger charge is -1.94. The Morgan fingerprint density at radius 1 is 1.17 bits per heavy atom. The molecular weight excluding hydrogens is 317 g/mol. The van der Waals surface area contributed by atoms with E-state index in [1.54, 1.807) is 23.5 Å². The largest absolute Gasteiger partial charge is 0.355 e. The molecular formula is C15H10FN5OS. The molecule has 1 aromatic carbocycles. The quantitative estimate of drug-likeness (QED) is 0.575. The number of halogens is 1. The van der Waals surface area contributed by atoms with Crippen LogP contribution in [0.1, 0.15) is 5.69 Å². The Morgan fingerprint density at radius 3 is 2.96 bits per heavy atom. The Hall–Kier alpha value is -2.87. The summed E-state index contributed by atoms with van der Waals surface area (Å²) >= 11 is 1.58. The summed E-state index contributed by atoms with van der Waals surface area (Å²) in [4.78, 5) is 2.41. The van der Waals surface area contributed by atoms with Gasteiger partial charge in [0.15, 0.2) is 5.76 Å². The van der Waals surface area contributed by atoms with Crippen LogP contribution in [0.25, 0.3) is 22.0 Å². The average molecular weight is 327 g/mol. The Kier molecular flexibility index (Phi) is 3.43. The molecule has 0 atom stereocenters. The summed E-state index contributed by atoms with van der Waals surface area (Å²) in [5.74, 6) is 0.739. The van der Waals surface area contributed by atoms with E-state index in [0.717, 1.165) is 4.88 Å². The van der Waals surface area contributed by atoms with Crippen molar-refractivity contribution in [2.45, 2.75) is 6.54 Å². The second-order valence-corrected chi connectivity index (χ2v) is 5.76. The summed E-state index contributed by atoms with van der Waals surface area (Å²) in [6.45, 7) is 0.331. The van der Waals surface area contributed by atoms with Crippen molar-refractivity contribution in [1.82, 2.24) is 25.4 Å². The van der Waals surface area contributed by atoms with Crippen molar-refractivity contribution in [3.8, 4) is 22.0 Å². The highest BCUT2D eigenvalue weighted by molar-refractivity contribution is 7.13. The van der Waals surface area contributed by atoms with Crippen LogP contribution in [0.15, 0.2) is 52.4 Å². The Morgan fingerprint density at radius 2 is 2.13 bits per heavy atom. The molecule has 0 spiro atoms. The summed E-state index contributed by atoms with van der Waals surface area (Å²) in [6.07, 6.45) is 0. The number of thiophene rings is 1. The van der Waals surface area contributed by atoms with E-state index < -0.39 is 0 Å². The van der Waals surface area contributed by atoms with E-state index in [1.165, 1.54) is 16.9 Å². The molecule has 0 saturated heterocycles. The Bertz CT molecular complexity index is 931. The molecule has 0 aliphatic rings. The Balaban J connectivity index is 1.54. The number of hydrogen-bond donors (Lipinski definition) is 0.